The molecule has 3 N–H and O–H groups in total. The maximum atomic E-state index is 11.0. The van der Waals surface area contributed by atoms with Gasteiger partial charge in [0, 0.05) is 32.1 Å². The SMILES string of the molecule is CCOCCN=C(NCCOCC)Nc1nc(-c2ccc(CNC(C)=O)o2)cs1. The number of ether oxygens (including phenoxy) is 2. The van der Waals surface area contributed by atoms with E-state index in [4.69, 9.17) is 13.9 Å². The first-order valence-electron chi connectivity index (χ1n) is 9.62. The van der Waals surface area contributed by atoms with E-state index in [2.05, 4.69) is 25.9 Å². The molecule has 2 heterocycles. The summed E-state index contributed by atoms with van der Waals surface area (Å²) in [5.41, 5.74) is 0.717. The number of amides is 1. The summed E-state index contributed by atoms with van der Waals surface area (Å²) in [7, 11) is 0. The summed E-state index contributed by atoms with van der Waals surface area (Å²) in [5, 5.41) is 11.7. The third kappa shape index (κ3) is 8.63. The third-order valence-corrected chi connectivity index (χ3v) is 4.37. The quantitative estimate of drug-likeness (QED) is 0.273. The minimum atomic E-state index is -0.101. The van der Waals surface area contributed by atoms with Crippen molar-refractivity contribution in [2.24, 2.45) is 4.99 Å². The van der Waals surface area contributed by atoms with Crippen LogP contribution in [-0.4, -0.2) is 56.4 Å². The lowest BCUT2D eigenvalue weighted by atomic mass is 10.3. The topological polar surface area (TPSA) is 110 Å². The Morgan fingerprint density at radius 2 is 2.00 bits per heavy atom. The van der Waals surface area contributed by atoms with Crippen LogP contribution in [0, 0.1) is 0 Å². The number of thiazole rings is 1. The molecule has 2 rings (SSSR count). The number of aliphatic imine (C=N–C) groups is 1. The van der Waals surface area contributed by atoms with E-state index in [1.807, 2.05) is 31.4 Å². The molecule has 0 aliphatic heterocycles. The second-order valence-electron chi connectivity index (χ2n) is 5.89. The summed E-state index contributed by atoms with van der Waals surface area (Å²) < 4.78 is 16.4. The zero-order valence-electron chi connectivity index (χ0n) is 17.1. The van der Waals surface area contributed by atoms with Gasteiger partial charge in [0.15, 0.2) is 16.9 Å². The Kier molecular flexibility index (Phi) is 10.2. The summed E-state index contributed by atoms with van der Waals surface area (Å²) in [6.07, 6.45) is 0. The molecule has 0 unspecified atom stereocenters. The van der Waals surface area contributed by atoms with Gasteiger partial charge in [0.2, 0.25) is 5.91 Å². The highest BCUT2D eigenvalue weighted by molar-refractivity contribution is 7.14. The average Bonchev–Trinajstić information content (AvgIpc) is 3.36. The van der Waals surface area contributed by atoms with Gasteiger partial charge in [0.1, 0.15) is 11.5 Å². The zero-order chi connectivity index (χ0) is 20.9. The molecule has 0 aliphatic rings. The highest BCUT2D eigenvalue weighted by atomic mass is 32.1. The summed E-state index contributed by atoms with van der Waals surface area (Å²) >= 11 is 1.45. The molecule has 9 nitrogen and oxygen atoms in total. The number of anilines is 1. The van der Waals surface area contributed by atoms with E-state index in [0.717, 1.165) is 5.69 Å². The minimum absolute atomic E-state index is 0.101. The van der Waals surface area contributed by atoms with Crippen molar-refractivity contribution in [2.75, 3.05) is 44.8 Å². The molecule has 10 heteroatoms. The van der Waals surface area contributed by atoms with E-state index in [0.29, 0.717) is 68.7 Å². The second kappa shape index (κ2) is 12.9. The van der Waals surface area contributed by atoms with Crippen molar-refractivity contribution in [3.63, 3.8) is 0 Å². The van der Waals surface area contributed by atoms with Crippen molar-refractivity contribution in [1.29, 1.82) is 0 Å². The van der Waals surface area contributed by atoms with Crippen LogP contribution in [0.4, 0.5) is 5.13 Å². The first-order chi connectivity index (χ1) is 14.1. The lowest BCUT2D eigenvalue weighted by molar-refractivity contribution is -0.119. The van der Waals surface area contributed by atoms with Crippen LogP contribution in [0.1, 0.15) is 26.5 Å². The molecule has 0 saturated carbocycles. The number of carbonyl (C=O) groups is 1. The van der Waals surface area contributed by atoms with Crippen molar-refractivity contribution < 1.29 is 18.7 Å². The number of nitrogens with zero attached hydrogens (tertiary/aromatic N) is 2. The fourth-order valence-electron chi connectivity index (χ4n) is 2.26. The van der Waals surface area contributed by atoms with Crippen LogP contribution in [0.3, 0.4) is 0 Å². The fourth-order valence-corrected chi connectivity index (χ4v) is 2.96. The van der Waals surface area contributed by atoms with Crippen molar-refractivity contribution in [2.45, 2.75) is 27.3 Å². The molecular formula is C19H29N5O4S. The zero-order valence-corrected chi connectivity index (χ0v) is 17.9. The van der Waals surface area contributed by atoms with E-state index in [1.165, 1.54) is 18.3 Å². The fraction of sp³-hybridized carbons (Fsp3) is 0.526. The van der Waals surface area contributed by atoms with E-state index in [1.54, 1.807) is 0 Å². The third-order valence-electron chi connectivity index (χ3n) is 3.61. The minimum Gasteiger partial charge on any atom is -0.458 e. The smallest absolute Gasteiger partial charge is 0.217 e. The van der Waals surface area contributed by atoms with Gasteiger partial charge in [0.05, 0.1) is 26.3 Å². The number of furan rings is 1. The molecule has 0 fully saturated rings. The number of hydrogen-bond acceptors (Lipinski definition) is 7. The van der Waals surface area contributed by atoms with Crippen molar-refractivity contribution in [1.82, 2.24) is 15.6 Å². The highest BCUT2D eigenvalue weighted by Crippen LogP contribution is 2.26. The van der Waals surface area contributed by atoms with Gasteiger partial charge in [-0.25, -0.2) is 4.98 Å². The molecule has 2 aromatic heterocycles. The van der Waals surface area contributed by atoms with Crippen LogP contribution in [-0.2, 0) is 20.8 Å². The van der Waals surface area contributed by atoms with Crippen LogP contribution < -0.4 is 16.0 Å². The van der Waals surface area contributed by atoms with Crippen LogP contribution in [0.25, 0.3) is 11.5 Å². The Morgan fingerprint density at radius 1 is 1.21 bits per heavy atom. The molecule has 0 radical (unpaired) electrons. The summed E-state index contributed by atoms with van der Waals surface area (Å²) in [6, 6.07) is 3.67. The molecule has 160 valence electrons. The second-order valence-corrected chi connectivity index (χ2v) is 6.75. The van der Waals surface area contributed by atoms with Gasteiger partial charge < -0.3 is 29.8 Å². The predicted octanol–water partition coefficient (Wildman–Crippen LogP) is 2.47. The summed E-state index contributed by atoms with van der Waals surface area (Å²) in [6.45, 7) is 9.41. The van der Waals surface area contributed by atoms with Gasteiger partial charge in [-0.05, 0) is 26.0 Å². The summed E-state index contributed by atoms with van der Waals surface area (Å²) in [5.74, 6) is 1.84. The monoisotopic (exact) mass is 423 g/mol. The Labute approximate surface area is 174 Å². The predicted molar refractivity (Wildman–Crippen MR) is 114 cm³/mol. The van der Waals surface area contributed by atoms with Gasteiger partial charge >= 0.3 is 0 Å². The maximum Gasteiger partial charge on any atom is 0.217 e. The van der Waals surface area contributed by atoms with Gasteiger partial charge in [-0.3, -0.25) is 9.79 Å². The molecule has 0 atom stereocenters. The Bertz CT molecular complexity index is 774. The van der Waals surface area contributed by atoms with Gasteiger partial charge in [0.25, 0.3) is 0 Å². The number of guanidine groups is 1. The van der Waals surface area contributed by atoms with Gasteiger partial charge in [-0.2, -0.15) is 0 Å². The van der Waals surface area contributed by atoms with Crippen molar-refractivity contribution in [3.8, 4) is 11.5 Å². The van der Waals surface area contributed by atoms with Gasteiger partial charge in [-0.1, -0.05) is 0 Å². The average molecular weight is 424 g/mol. The van der Waals surface area contributed by atoms with Crippen LogP contribution in [0.2, 0.25) is 0 Å². The largest absolute Gasteiger partial charge is 0.458 e. The Balaban J connectivity index is 1.96. The number of nitrogens with one attached hydrogen (secondary N) is 3. The number of aromatic nitrogens is 1. The molecule has 0 saturated heterocycles. The molecule has 2 aromatic rings. The van der Waals surface area contributed by atoms with Crippen molar-refractivity contribution >= 4 is 28.3 Å². The lowest BCUT2D eigenvalue weighted by Gasteiger charge is -2.10. The number of rotatable bonds is 12. The van der Waals surface area contributed by atoms with Gasteiger partial charge in [-0.15, -0.1) is 11.3 Å². The molecular weight excluding hydrogens is 394 g/mol. The molecule has 0 aliphatic carbocycles. The van der Waals surface area contributed by atoms with Crippen LogP contribution in [0.5, 0.6) is 0 Å². The standard InChI is InChI=1S/C19H29N5O4S/c1-4-26-10-8-20-18(21-9-11-27-5-2)24-19-23-16(13-29-19)17-7-6-15(28-17)12-22-14(3)25/h6-7,13H,4-5,8-12H2,1-3H3,(H,22,25)(H2,20,21,23,24). The van der Waals surface area contributed by atoms with Crippen LogP contribution in [0.15, 0.2) is 26.9 Å². The maximum absolute atomic E-state index is 11.0. The van der Waals surface area contributed by atoms with E-state index < -0.39 is 0 Å². The van der Waals surface area contributed by atoms with Crippen LogP contribution >= 0.6 is 11.3 Å². The Morgan fingerprint density at radius 3 is 2.76 bits per heavy atom. The Hall–Kier alpha value is -2.43. The highest BCUT2D eigenvalue weighted by Gasteiger charge is 2.11. The normalized spacial score (nSPS) is 11.5. The van der Waals surface area contributed by atoms with E-state index >= 15 is 0 Å². The number of hydrogen-bond donors (Lipinski definition) is 3. The molecule has 29 heavy (non-hydrogen) atoms. The van der Waals surface area contributed by atoms with E-state index in [-0.39, 0.29) is 5.91 Å². The van der Waals surface area contributed by atoms with Crippen molar-refractivity contribution in [3.05, 3.63) is 23.3 Å². The number of carbonyl (C=O) groups excluding carboxylic acids is 1. The molecule has 0 bridgehead atoms. The molecule has 0 aromatic carbocycles. The first kappa shape index (κ1) is 22.9. The van der Waals surface area contributed by atoms with E-state index in [9.17, 15) is 4.79 Å². The molecule has 0 spiro atoms. The molecule has 1 amide bonds. The first-order valence-corrected chi connectivity index (χ1v) is 10.5. The lowest BCUT2D eigenvalue weighted by Crippen LogP contribution is -2.33. The summed E-state index contributed by atoms with van der Waals surface area (Å²) in [4.78, 5) is 20.1.